The van der Waals surface area contributed by atoms with Crippen molar-refractivity contribution in [3.8, 4) is 0 Å². The number of ether oxygens (including phenoxy) is 1. The number of aliphatic imine (C=N–C) groups is 1. The van der Waals surface area contributed by atoms with E-state index in [-0.39, 0.29) is 6.10 Å². The Kier molecular flexibility index (Phi) is 6.11. The van der Waals surface area contributed by atoms with E-state index in [1.165, 1.54) is 0 Å². The highest BCUT2D eigenvalue weighted by atomic mass is 16.5. The fraction of sp³-hybridized carbons (Fsp3) is 0.556. The lowest BCUT2D eigenvalue weighted by atomic mass is 10.2. The summed E-state index contributed by atoms with van der Waals surface area (Å²) in [5.41, 5.74) is 0.907. The van der Waals surface area contributed by atoms with Crippen LogP contribution < -0.4 is 10.6 Å². The Bertz CT molecular complexity index is 653. The summed E-state index contributed by atoms with van der Waals surface area (Å²) in [6.07, 6.45) is 4.95. The number of oxazole rings is 1. The second kappa shape index (κ2) is 8.71. The van der Waals surface area contributed by atoms with Gasteiger partial charge in [0.05, 0.1) is 18.1 Å². The molecule has 1 fully saturated rings. The monoisotopic (exact) mass is 346 g/mol. The summed E-state index contributed by atoms with van der Waals surface area (Å²) in [5, 5.41) is 6.67. The number of aromatic nitrogens is 1. The number of rotatable bonds is 7. The van der Waals surface area contributed by atoms with Crippen molar-refractivity contribution in [3.05, 3.63) is 41.5 Å². The molecule has 0 aromatic carbocycles. The minimum Gasteiger partial charge on any atom is -0.469 e. The van der Waals surface area contributed by atoms with Gasteiger partial charge in [-0.25, -0.2) is 9.98 Å². The van der Waals surface area contributed by atoms with Gasteiger partial charge < -0.3 is 24.2 Å². The van der Waals surface area contributed by atoms with Crippen LogP contribution in [-0.4, -0.2) is 36.7 Å². The molecule has 0 aliphatic carbocycles. The molecule has 1 aliphatic heterocycles. The van der Waals surface area contributed by atoms with Gasteiger partial charge in [0.1, 0.15) is 18.1 Å². The highest BCUT2D eigenvalue weighted by molar-refractivity contribution is 5.79. The highest BCUT2D eigenvalue weighted by Crippen LogP contribution is 2.11. The molecule has 3 rings (SSSR count). The zero-order valence-corrected chi connectivity index (χ0v) is 14.9. The lowest BCUT2D eigenvalue weighted by molar-refractivity contribution is 0.114. The molecule has 3 heterocycles. The molecule has 0 bridgehead atoms. The summed E-state index contributed by atoms with van der Waals surface area (Å²) in [5.74, 6) is 3.14. The lowest BCUT2D eigenvalue weighted by Gasteiger charge is -2.15. The minimum absolute atomic E-state index is 0.253. The SMILES string of the molecule is Cc1nc(CN=C(NCCc2ccco2)NCC2CCCO2)oc1C. The Morgan fingerprint density at radius 3 is 2.96 bits per heavy atom. The maximum atomic E-state index is 5.66. The Hall–Kier alpha value is -2.28. The van der Waals surface area contributed by atoms with Crippen LogP contribution in [0, 0.1) is 13.8 Å². The van der Waals surface area contributed by atoms with Crippen molar-refractivity contribution in [2.24, 2.45) is 4.99 Å². The molecule has 2 aromatic heterocycles. The standard InChI is InChI=1S/C18H26N4O3/c1-13-14(2)25-17(22-13)12-21-18(20-11-16-6-4-10-24-16)19-8-7-15-5-3-9-23-15/h3,5,9,16H,4,6-8,10-12H2,1-2H3,(H2,19,20,21). The van der Waals surface area contributed by atoms with Crippen LogP contribution in [0.3, 0.4) is 0 Å². The minimum atomic E-state index is 0.253. The van der Waals surface area contributed by atoms with Crippen molar-refractivity contribution in [1.82, 2.24) is 15.6 Å². The third-order valence-electron chi connectivity index (χ3n) is 4.21. The number of furan rings is 1. The van der Waals surface area contributed by atoms with E-state index in [0.29, 0.717) is 12.4 Å². The van der Waals surface area contributed by atoms with E-state index in [9.17, 15) is 0 Å². The maximum absolute atomic E-state index is 5.66. The Labute approximate surface area is 147 Å². The summed E-state index contributed by atoms with van der Waals surface area (Å²) in [6, 6.07) is 3.86. The van der Waals surface area contributed by atoms with Crippen molar-refractivity contribution in [1.29, 1.82) is 0 Å². The van der Waals surface area contributed by atoms with Crippen molar-refractivity contribution in [2.75, 3.05) is 19.7 Å². The van der Waals surface area contributed by atoms with Crippen LogP contribution in [0.1, 0.15) is 35.9 Å². The summed E-state index contributed by atoms with van der Waals surface area (Å²) < 4.78 is 16.6. The fourth-order valence-electron chi connectivity index (χ4n) is 2.70. The first-order chi connectivity index (χ1) is 12.2. The Morgan fingerprint density at radius 1 is 1.36 bits per heavy atom. The average Bonchev–Trinajstić information content (AvgIpc) is 3.34. The molecule has 7 nitrogen and oxygen atoms in total. The quantitative estimate of drug-likeness (QED) is 0.591. The van der Waals surface area contributed by atoms with Crippen LogP contribution in [0.4, 0.5) is 0 Å². The van der Waals surface area contributed by atoms with Gasteiger partial charge in [-0.3, -0.25) is 0 Å². The number of hydrogen-bond donors (Lipinski definition) is 2. The van der Waals surface area contributed by atoms with Crippen LogP contribution in [0.2, 0.25) is 0 Å². The topological polar surface area (TPSA) is 84.8 Å². The van der Waals surface area contributed by atoms with Crippen LogP contribution in [0.5, 0.6) is 0 Å². The van der Waals surface area contributed by atoms with Crippen molar-refractivity contribution in [3.63, 3.8) is 0 Å². The predicted molar refractivity (Wildman–Crippen MR) is 94.5 cm³/mol. The van der Waals surface area contributed by atoms with Gasteiger partial charge in [0.25, 0.3) is 0 Å². The molecule has 25 heavy (non-hydrogen) atoms. The summed E-state index contributed by atoms with van der Waals surface area (Å²) in [6.45, 7) is 6.57. The first-order valence-electron chi connectivity index (χ1n) is 8.80. The molecule has 0 saturated carbocycles. The van der Waals surface area contributed by atoms with E-state index in [4.69, 9.17) is 13.6 Å². The number of hydrogen-bond acceptors (Lipinski definition) is 5. The van der Waals surface area contributed by atoms with Gasteiger partial charge >= 0.3 is 0 Å². The van der Waals surface area contributed by atoms with Crippen LogP contribution in [0.15, 0.2) is 32.2 Å². The van der Waals surface area contributed by atoms with Gasteiger partial charge in [-0.2, -0.15) is 0 Å². The number of aryl methyl sites for hydroxylation is 2. The third kappa shape index (κ3) is 5.35. The van der Waals surface area contributed by atoms with E-state index in [1.54, 1.807) is 6.26 Å². The molecule has 2 N–H and O–H groups in total. The molecule has 7 heteroatoms. The first-order valence-corrected chi connectivity index (χ1v) is 8.80. The third-order valence-corrected chi connectivity index (χ3v) is 4.21. The normalized spacial score (nSPS) is 17.8. The zero-order chi connectivity index (χ0) is 17.5. The van der Waals surface area contributed by atoms with Gasteiger partial charge in [0.2, 0.25) is 5.89 Å². The summed E-state index contributed by atoms with van der Waals surface area (Å²) in [4.78, 5) is 8.95. The van der Waals surface area contributed by atoms with Crippen molar-refractivity contribution in [2.45, 2.75) is 45.8 Å². The van der Waals surface area contributed by atoms with Gasteiger partial charge in [0, 0.05) is 26.1 Å². The van der Waals surface area contributed by atoms with Crippen molar-refractivity contribution >= 4 is 5.96 Å². The van der Waals surface area contributed by atoms with Gasteiger partial charge in [-0.1, -0.05) is 0 Å². The molecule has 1 aliphatic rings. The van der Waals surface area contributed by atoms with Crippen LogP contribution >= 0.6 is 0 Å². The predicted octanol–water partition coefficient (Wildman–Crippen LogP) is 2.34. The van der Waals surface area contributed by atoms with Crippen LogP contribution in [0.25, 0.3) is 0 Å². The maximum Gasteiger partial charge on any atom is 0.216 e. The van der Waals surface area contributed by atoms with E-state index in [1.807, 2.05) is 26.0 Å². The van der Waals surface area contributed by atoms with Crippen LogP contribution in [-0.2, 0) is 17.7 Å². The molecule has 1 atom stereocenters. The number of nitrogens with zero attached hydrogens (tertiary/aromatic N) is 2. The highest BCUT2D eigenvalue weighted by Gasteiger charge is 2.15. The van der Waals surface area contributed by atoms with Crippen molar-refractivity contribution < 1.29 is 13.6 Å². The summed E-state index contributed by atoms with van der Waals surface area (Å²) >= 11 is 0. The zero-order valence-electron chi connectivity index (χ0n) is 14.9. The smallest absolute Gasteiger partial charge is 0.216 e. The second-order valence-electron chi connectivity index (χ2n) is 6.19. The summed E-state index contributed by atoms with van der Waals surface area (Å²) in [7, 11) is 0. The molecule has 1 unspecified atom stereocenters. The van der Waals surface area contributed by atoms with E-state index in [2.05, 4.69) is 20.6 Å². The largest absolute Gasteiger partial charge is 0.469 e. The number of nitrogens with one attached hydrogen (secondary N) is 2. The fourth-order valence-corrected chi connectivity index (χ4v) is 2.70. The van der Waals surface area contributed by atoms with Gasteiger partial charge in [0.15, 0.2) is 5.96 Å². The average molecular weight is 346 g/mol. The molecule has 0 radical (unpaired) electrons. The van der Waals surface area contributed by atoms with E-state index in [0.717, 1.165) is 62.1 Å². The molecule has 136 valence electrons. The molecular formula is C18H26N4O3. The van der Waals surface area contributed by atoms with E-state index < -0.39 is 0 Å². The Balaban J connectivity index is 1.54. The molecule has 2 aromatic rings. The molecule has 0 spiro atoms. The number of guanidine groups is 1. The second-order valence-corrected chi connectivity index (χ2v) is 6.19. The first kappa shape index (κ1) is 17.5. The molecule has 1 saturated heterocycles. The van der Waals surface area contributed by atoms with E-state index >= 15 is 0 Å². The van der Waals surface area contributed by atoms with Gasteiger partial charge in [-0.15, -0.1) is 0 Å². The molecular weight excluding hydrogens is 320 g/mol. The van der Waals surface area contributed by atoms with Gasteiger partial charge in [-0.05, 0) is 38.8 Å². The Morgan fingerprint density at radius 2 is 2.28 bits per heavy atom. The molecule has 0 amide bonds. The lowest BCUT2D eigenvalue weighted by Crippen LogP contribution is -2.41.